The minimum atomic E-state index is -0.0759. The normalized spacial score (nSPS) is 11.6. The summed E-state index contributed by atoms with van der Waals surface area (Å²) in [5.41, 5.74) is 1.09. The van der Waals surface area contributed by atoms with E-state index in [4.69, 9.17) is 10.00 Å². The number of nitriles is 1. The average molecular weight is 204 g/mol. The van der Waals surface area contributed by atoms with Gasteiger partial charge < -0.3 is 9.64 Å². The van der Waals surface area contributed by atoms with Gasteiger partial charge >= 0.3 is 0 Å². The van der Waals surface area contributed by atoms with Gasteiger partial charge in [-0.1, -0.05) is 6.07 Å². The van der Waals surface area contributed by atoms with Crippen LogP contribution in [0.4, 0.5) is 5.69 Å². The first kappa shape index (κ1) is 11.4. The third-order valence-corrected chi connectivity index (χ3v) is 2.05. The molecule has 1 aromatic carbocycles. The molecule has 80 valence electrons. The van der Waals surface area contributed by atoms with E-state index in [0.29, 0.717) is 6.61 Å². The van der Waals surface area contributed by atoms with Gasteiger partial charge in [0.15, 0.2) is 0 Å². The van der Waals surface area contributed by atoms with Crippen LogP contribution < -0.4 is 9.64 Å². The summed E-state index contributed by atoms with van der Waals surface area (Å²) < 4.78 is 5.50. The highest BCUT2D eigenvalue weighted by atomic mass is 16.5. The van der Waals surface area contributed by atoms with Crippen molar-refractivity contribution in [3.63, 3.8) is 0 Å². The van der Waals surface area contributed by atoms with E-state index in [2.05, 4.69) is 6.07 Å². The second kappa shape index (κ2) is 5.26. The van der Waals surface area contributed by atoms with Gasteiger partial charge in [0.05, 0.1) is 12.0 Å². The highest BCUT2D eigenvalue weighted by molar-refractivity contribution is 5.49. The van der Waals surface area contributed by atoms with Crippen LogP contribution in [0.15, 0.2) is 24.3 Å². The van der Waals surface area contributed by atoms with Crippen molar-refractivity contribution >= 4 is 5.69 Å². The predicted molar refractivity (Wildman–Crippen MR) is 61.0 cm³/mol. The van der Waals surface area contributed by atoms with Gasteiger partial charge in [0, 0.05) is 25.8 Å². The molecule has 0 heterocycles. The molecule has 0 spiro atoms. The maximum absolute atomic E-state index is 8.62. The van der Waals surface area contributed by atoms with Crippen LogP contribution in [0.3, 0.4) is 0 Å². The number of anilines is 1. The van der Waals surface area contributed by atoms with Crippen molar-refractivity contribution in [1.29, 1.82) is 5.26 Å². The third kappa shape index (κ3) is 3.51. The fourth-order valence-electron chi connectivity index (χ4n) is 1.11. The highest BCUT2D eigenvalue weighted by Crippen LogP contribution is 2.19. The van der Waals surface area contributed by atoms with Crippen LogP contribution in [-0.4, -0.2) is 20.7 Å². The smallest absolute Gasteiger partial charge is 0.121 e. The summed E-state index contributed by atoms with van der Waals surface area (Å²) >= 11 is 0. The zero-order valence-corrected chi connectivity index (χ0v) is 9.40. The summed E-state index contributed by atoms with van der Waals surface area (Å²) in [5.74, 6) is 0.733. The van der Waals surface area contributed by atoms with Crippen LogP contribution in [0.5, 0.6) is 5.75 Å². The van der Waals surface area contributed by atoms with E-state index in [9.17, 15) is 0 Å². The van der Waals surface area contributed by atoms with E-state index < -0.39 is 0 Å². The SMILES string of the molecule is CC(C#N)COc1cccc(N(C)C)c1. The molecule has 0 aromatic heterocycles. The molecule has 0 N–H and O–H groups in total. The molecule has 1 unspecified atom stereocenters. The Balaban J connectivity index is 2.62. The molecule has 0 aliphatic carbocycles. The Morgan fingerprint density at radius 1 is 1.47 bits per heavy atom. The van der Waals surface area contributed by atoms with Crippen LogP contribution in [0.2, 0.25) is 0 Å². The Morgan fingerprint density at radius 3 is 2.80 bits per heavy atom. The van der Waals surface area contributed by atoms with Gasteiger partial charge in [-0.25, -0.2) is 0 Å². The third-order valence-electron chi connectivity index (χ3n) is 2.05. The molecule has 15 heavy (non-hydrogen) atoms. The Hall–Kier alpha value is -1.69. The van der Waals surface area contributed by atoms with Crippen LogP contribution in [0.1, 0.15) is 6.92 Å². The Labute approximate surface area is 90.9 Å². The largest absolute Gasteiger partial charge is 0.492 e. The van der Waals surface area contributed by atoms with E-state index in [1.165, 1.54) is 0 Å². The summed E-state index contributed by atoms with van der Waals surface area (Å²) in [6, 6.07) is 9.96. The maximum atomic E-state index is 8.62. The lowest BCUT2D eigenvalue weighted by Crippen LogP contribution is -2.09. The van der Waals surface area contributed by atoms with Crippen molar-refractivity contribution in [2.24, 2.45) is 5.92 Å². The second-order valence-corrected chi connectivity index (χ2v) is 3.73. The first-order valence-electron chi connectivity index (χ1n) is 4.93. The van der Waals surface area contributed by atoms with E-state index in [1.54, 1.807) is 0 Å². The Kier molecular flexibility index (Phi) is 3.99. The molecule has 0 saturated carbocycles. The van der Waals surface area contributed by atoms with Crippen LogP contribution in [-0.2, 0) is 0 Å². The van der Waals surface area contributed by atoms with Crippen molar-refractivity contribution in [1.82, 2.24) is 0 Å². The lowest BCUT2D eigenvalue weighted by Gasteiger charge is -2.14. The maximum Gasteiger partial charge on any atom is 0.121 e. The zero-order chi connectivity index (χ0) is 11.3. The molecule has 0 bridgehead atoms. The van der Waals surface area contributed by atoms with Gasteiger partial charge in [-0.05, 0) is 19.1 Å². The lowest BCUT2D eigenvalue weighted by atomic mass is 10.2. The minimum Gasteiger partial charge on any atom is -0.492 e. The fraction of sp³-hybridized carbons (Fsp3) is 0.417. The van der Waals surface area contributed by atoms with Crippen LogP contribution in [0, 0.1) is 17.2 Å². The number of rotatable bonds is 4. The molecule has 3 nitrogen and oxygen atoms in total. The van der Waals surface area contributed by atoms with Gasteiger partial charge in [-0.3, -0.25) is 0 Å². The molecule has 0 aliphatic heterocycles. The monoisotopic (exact) mass is 204 g/mol. The summed E-state index contributed by atoms with van der Waals surface area (Å²) in [6.45, 7) is 2.28. The van der Waals surface area contributed by atoms with E-state index in [-0.39, 0.29) is 5.92 Å². The average Bonchev–Trinajstić information content (AvgIpc) is 2.26. The zero-order valence-electron chi connectivity index (χ0n) is 9.40. The lowest BCUT2D eigenvalue weighted by molar-refractivity contribution is 0.288. The summed E-state index contributed by atoms with van der Waals surface area (Å²) in [6.07, 6.45) is 0. The number of ether oxygens (including phenoxy) is 1. The summed E-state index contributed by atoms with van der Waals surface area (Å²) in [7, 11) is 3.97. The highest BCUT2D eigenvalue weighted by Gasteiger charge is 2.02. The number of benzene rings is 1. The molecule has 3 heteroatoms. The topological polar surface area (TPSA) is 36.3 Å². The quantitative estimate of drug-likeness (QED) is 0.755. The molecule has 0 fully saturated rings. The van der Waals surface area contributed by atoms with Crippen LogP contribution in [0.25, 0.3) is 0 Å². The van der Waals surface area contributed by atoms with Crippen molar-refractivity contribution in [3.05, 3.63) is 24.3 Å². The van der Waals surface area contributed by atoms with Gasteiger partial charge in [-0.15, -0.1) is 0 Å². The molecule has 0 aliphatic rings. The molecule has 0 amide bonds. The number of hydrogen-bond donors (Lipinski definition) is 0. The standard InChI is InChI=1S/C12H16N2O/c1-10(8-13)9-15-12-6-4-5-11(7-12)14(2)3/h4-7,10H,9H2,1-3H3. The van der Waals surface area contributed by atoms with E-state index in [1.807, 2.05) is 50.2 Å². The molecule has 1 aromatic rings. The molecular formula is C12H16N2O. The van der Waals surface area contributed by atoms with Gasteiger partial charge in [0.1, 0.15) is 12.4 Å². The van der Waals surface area contributed by atoms with E-state index in [0.717, 1.165) is 11.4 Å². The molecule has 1 atom stereocenters. The van der Waals surface area contributed by atoms with E-state index >= 15 is 0 Å². The first-order valence-corrected chi connectivity index (χ1v) is 4.93. The fourth-order valence-corrected chi connectivity index (χ4v) is 1.11. The molecule has 0 radical (unpaired) electrons. The summed E-state index contributed by atoms with van der Waals surface area (Å²) in [5, 5.41) is 8.62. The number of nitrogens with zero attached hydrogens (tertiary/aromatic N) is 2. The van der Waals surface area contributed by atoms with Crippen molar-refractivity contribution < 1.29 is 4.74 Å². The van der Waals surface area contributed by atoms with Crippen molar-refractivity contribution in [2.75, 3.05) is 25.6 Å². The van der Waals surface area contributed by atoms with Crippen molar-refractivity contribution in [3.8, 4) is 11.8 Å². The predicted octanol–water partition coefficient (Wildman–Crippen LogP) is 2.29. The minimum absolute atomic E-state index is 0.0759. The summed E-state index contributed by atoms with van der Waals surface area (Å²) in [4.78, 5) is 2.01. The Morgan fingerprint density at radius 2 is 2.20 bits per heavy atom. The molecule has 1 rings (SSSR count). The van der Waals surface area contributed by atoms with Gasteiger partial charge in [-0.2, -0.15) is 5.26 Å². The van der Waals surface area contributed by atoms with Crippen LogP contribution >= 0.6 is 0 Å². The van der Waals surface area contributed by atoms with Crippen molar-refractivity contribution in [2.45, 2.75) is 6.92 Å². The van der Waals surface area contributed by atoms with Gasteiger partial charge in [0.25, 0.3) is 0 Å². The first-order chi connectivity index (χ1) is 7.13. The molecule has 0 saturated heterocycles. The number of hydrogen-bond acceptors (Lipinski definition) is 3. The second-order valence-electron chi connectivity index (χ2n) is 3.73. The Bertz CT molecular complexity index is 355. The van der Waals surface area contributed by atoms with Gasteiger partial charge in [0.2, 0.25) is 0 Å². The molecular weight excluding hydrogens is 188 g/mol.